The van der Waals surface area contributed by atoms with E-state index in [0.29, 0.717) is 24.8 Å². The number of rotatable bonds is 13. The van der Waals surface area contributed by atoms with Gasteiger partial charge < -0.3 is 18.9 Å². The van der Waals surface area contributed by atoms with Crippen LogP contribution < -0.4 is 0 Å². The maximum absolute atomic E-state index is 12.8. The van der Waals surface area contributed by atoms with Gasteiger partial charge in [-0.15, -0.1) is 6.58 Å². The molecule has 1 heterocycles. The van der Waals surface area contributed by atoms with Crippen LogP contribution in [0, 0.1) is 5.41 Å². The molecule has 1 aliphatic heterocycles. The molecule has 0 aromatic rings. The molecule has 0 spiro atoms. The molecule has 0 aromatic carbocycles. The lowest BCUT2D eigenvalue weighted by Gasteiger charge is -2.53. The molecule has 0 saturated carbocycles. The van der Waals surface area contributed by atoms with Crippen molar-refractivity contribution in [1.82, 2.24) is 0 Å². The van der Waals surface area contributed by atoms with Crippen molar-refractivity contribution in [2.45, 2.75) is 103 Å². The summed E-state index contributed by atoms with van der Waals surface area (Å²) in [7, 11) is 2.89. The Morgan fingerprint density at radius 3 is 2.42 bits per heavy atom. The van der Waals surface area contributed by atoms with Gasteiger partial charge in [-0.05, 0) is 31.3 Å². The fourth-order valence-electron chi connectivity index (χ4n) is 4.04. The molecule has 178 valence electrons. The maximum atomic E-state index is 12.8. The van der Waals surface area contributed by atoms with E-state index in [9.17, 15) is 9.59 Å². The fraction of sp³-hybridized carbons (Fsp3) is 0.760. The highest BCUT2D eigenvalue weighted by molar-refractivity contribution is 5.83. The van der Waals surface area contributed by atoms with Gasteiger partial charge in [-0.3, -0.25) is 4.79 Å². The fourth-order valence-corrected chi connectivity index (χ4v) is 4.04. The van der Waals surface area contributed by atoms with Crippen molar-refractivity contribution in [3.8, 4) is 0 Å². The SMILES string of the molecule is C=CC[C@@H]1C/C(=C\C(=O)OC)[C@H](OC(=O)CCCCCCC)[C@](OC)(C(C)(C)CC)O1. The van der Waals surface area contributed by atoms with E-state index in [-0.39, 0.29) is 12.1 Å². The highest BCUT2D eigenvalue weighted by Gasteiger charge is 2.58. The molecule has 1 saturated heterocycles. The topological polar surface area (TPSA) is 71.1 Å². The smallest absolute Gasteiger partial charge is 0.330 e. The first-order valence-corrected chi connectivity index (χ1v) is 11.5. The highest BCUT2D eigenvalue weighted by Crippen LogP contribution is 2.49. The van der Waals surface area contributed by atoms with Crippen molar-refractivity contribution in [2.75, 3.05) is 14.2 Å². The van der Waals surface area contributed by atoms with E-state index in [1.54, 1.807) is 13.2 Å². The second kappa shape index (κ2) is 13.0. The summed E-state index contributed by atoms with van der Waals surface area (Å²) >= 11 is 0. The molecule has 1 fully saturated rings. The van der Waals surface area contributed by atoms with Crippen molar-refractivity contribution in [2.24, 2.45) is 5.41 Å². The Bertz CT molecular complexity index is 624. The van der Waals surface area contributed by atoms with Crippen LogP contribution in [-0.2, 0) is 28.5 Å². The second-order valence-corrected chi connectivity index (χ2v) is 8.85. The Morgan fingerprint density at radius 2 is 1.87 bits per heavy atom. The number of methoxy groups -OCH3 is 2. The quantitative estimate of drug-likeness (QED) is 0.164. The molecule has 3 atom stereocenters. The number of unbranched alkanes of at least 4 members (excludes halogenated alkanes) is 4. The van der Waals surface area contributed by atoms with Crippen molar-refractivity contribution < 1.29 is 28.5 Å². The third-order valence-corrected chi connectivity index (χ3v) is 6.29. The molecule has 0 unspecified atom stereocenters. The Kier molecular flexibility index (Phi) is 11.5. The summed E-state index contributed by atoms with van der Waals surface area (Å²) in [6.07, 6.45) is 9.37. The van der Waals surface area contributed by atoms with Gasteiger partial charge in [0.25, 0.3) is 0 Å². The van der Waals surface area contributed by atoms with Crippen molar-refractivity contribution in [1.29, 1.82) is 0 Å². The number of carbonyl (C=O) groups excluding carboxylic acids is 2. The third kappa shape index (κ3) is 7.18. The molecule has 0 radical (unpaired) electrons. The van der Waals surface area contributed by atoms with Crippen LogP contribution in [0.1, 0.15) is 85.5 Å². The molecular formula is C25H42O6. The molecular weight excluding hydrogens is 396 g/mol. The van der Waals surface area contributed by atoms with Crippen LogP contribution in [0.4, 0.5) is 0 Å². The third-order valence-electron chi connectivity index (χ3n) is 6.29. The lowest BCUT2D eigenvalue weighted by molar-refractivity contribution is -0.345. The second-order valence-electron chi connectivity index (χ2n) is 8.85. The standard InChI is InChI=1S/C25H42O6/c1-8-11-12-13-14-16-21(26)30-23-19(18-22(27)28-6)17-20(15-9-2)31-25(23,29-7)24(4,5)10-3/h9,18,20,23H,2,8,10-17H2,1,3-7H3/b19-18+/t20-,23+,25-/m1/s1. The molecule has 1 rings (SSSR count). The van der Waals surface area contributed by atoms with Gasteiger partial charge in [0.05, 0.1) is 13.2 Å². The van der Waals surface area contributed by atoms with Crippen LogP contribution in [0.2, 0.25) is 0 Å². The van der Waals surface area contributed by atoms with E-state index < -0.39 is 23.3 Å². The van der Waals surface area contributed by atoms with Gasteiger partial charge in [-0.25, -0.2) is 4.79 Å². The van der Waals surface area contributed by atoms with Crippen LogP contribution in [-0.4, -0.2) is 44.2 Å². The summed E-state index contributed by atoms with van der Waals surface area (Å²) < 4.78 is 23.3. The van der Waals surface area contributed by atoms with Crippen LogP contribution in [0.25, 0.3) is 0 Å². The molecule has 0 aromatic heterocycles. The summed E-state index contributed by atoms with van der Waals surface area (Å²) in [4.78, 5) is 24.9. The van der Waals surface area contributed by atoms with Crippen molar-refractivity contribution in [3.05, 3.63) is 24.3 Å². The molecule has 6 nitrogen and oxygen atoms in total. The lowest BCUT2D eigenvalue weighted by atomic mass is 9.73. The van der Waals surface area contributed by atoms with Gasteiger partial charge in [-0.1, -0.05) is 59.5 Å². The first-order valence-electron chi connectivity index (χ1n) is 11.5. The maximum Gasteiger partial charge on any atom is 0.330 e. The average molecular weight is 439 g/mol. The summed E-state index contributed by atoms with van der Waals surface area (Å²) in [6, 6.07) is 0. The highest BCUT2D eigenvalue weighted by atomic mass is 16.7. The lowest BCUT2D eigenvalue weighted by Crippen LogP contribution is -2.63. The summed E-state index contributed by atoms with van der Waals surface area (Å²) in [6.45, 7) is 12.1. The first kappa shape index (κ1) is 27.4. The number of carbonyl (C=O) groups is 2. The Hall–Kier alpha value is -1.66. The predicted molar refractivity (Wildman–Crippen MR) is 121 cm³/mol. The zero-order chi connectivity index (χ0) is 23.5. The number of hydrogen-bond donors (Lipinski definition) is 0. The Balaban J connectivity index is 3.26. The first-order chi connectivity index (χ1) is 14.7. The van der Waals surface area contributed by atoms with Gasteiger partial charge in [0.15, 0.2) is 6.10 Å². The van der Waals surface area contributed by atoms with Gasteiger partial charge in [0, 0.05) is 25.0 Å². The van der Waals surface area contributed by atoms with Crippen LogP contribution in [0.15, 0.2) is 24.3 Å². The summed E-state index contributed by atoms with van der Waals surface area (Å²) in [5, 5.41) is 0. The Morgan fingerprint density at radius 1 is 1.19 bits per heavy atom. The minimum atomic E-state index is -1.23. The molecule has 0 amide bonds. The van der Waals surface area contributed by atoms with Crippen LogP contribution in [0.5, 0.6) is 0 Å². The number of ether oxygens (including phenoxy) is 4. The van der Waals surface area contributed by atoms with Gasteiger partial charge >= 0.3 is 11.9 Å². The van der Waals surface area contributed by atoms with Gasteiger partial charge in [0.1, 0.15) is 0 Å². The van der Waals surface area contributed by atoms with Gasteiger partial charge in [-0.2, -0.15) is 0 Å². The van der Waals surface area contributed by atoms with E-state index in [2.05, 4.69) is 13.5 Å². The summed E-state index contributed by atoms with van der Waals surface area (Å²) in [5.41, 5.74) is 0.149. The van der Waals surface area contributed by atoms with Gasteiger partial charge in [0.2, 0.25) is 5.79 Å². The minimum absolute atomic E-state index is 0.247. The number of hydrogen-bond acceptors (Lipinski definition) is 6. The minimum Gasteiger partial charge on any atom is -0.466 e. The molecule has 31 heavy (non-hydrogen) atoms. The summed E-state index contributed by atoms with van der Waals surface area (Å²) in [5.74, 6) is -2.03. The van der Waals surface area contributed by atoms with E-state index in [0.717, 1.165) is 32.1 Å². The zero-order valence-electron chi connectivity index (χ0n) is 20.3. The average Bonchev–Trinajstić information content (AvgIpc) is 2.74. The monoisotopic (exact) mass is 438 g/mol. The van der Waals surface area contributed by atoms with E-state index in [1.165, 1.54) is 19.6 Å². The van der Waals surface area contributed by atoms with E-state index >= 15 is 0 Å². The number of esters is 2. The van der Waals surface area contributed by atoms with Crippen molar-refractivity contribution >= 4 is 11.9 Å². The normalized spacial score (nSPS) is 25.3. The van der Waals surface area contributed by atoms with Crippen LogP contribution >= 0.6 is 0 Å². The van der Waals surface area contributed by atoms with E-state index in [4.69, 9.17) is 18.9 Å². The molecule has 0 bridgehead atoms. The van der Waals surface area contributed by atoms with E-state index in [1.807, 2.05) is 20.8 Å². The molecule has 0 N–H and O–H groups in total. The zero-order valence-corrected chi connectivity index (χ0v) is 20.3. The van der Waals surface area contributed by atoms with Crippen molar-refractivity contribution in [3.63, 3.8) is 0 Å². The largest absolute Gasteiger partial charge is 0.466 e. The molecule has 0 aliphatic carbocycles. The predicted octanol–water partition coefficient (Wildman–Crippen LogP) is 5.50. The van der Waals surface area contributed by atoms with Crippen LogP contribution in [0.3, 0.4) is 0 Å². The Labute approximate surface area is 188 Å². The molecule has 6 heteroatoms. The molecule has 1 aliphatic rings.